The average molecular weight is 258 g/mol. The Morgan fingerprint density at radius 3 is 2.47 bits per heavy atom. The fourth-order valence-electron chi connectivity index (χ4n) is 4.26. The van der Waals surface area contributed by atoms with Gasteiger partial charge >= 0.3 is 0 Å². The second-order valence-electron chi connectivity index (χ2n) is 6.78. The lowest BCUT2D eigenvalue weighted by molar-refractivity contribution is 0.136. The van der Waals surface area contributed by atoms with Crippen LogP contribution in [0.1, 0.15) is 25.8 Å². The van der Waals surface area contributed by atoms with Crippen LogP contribution in [0, 0.1) is 23.7 Å². The molecular weight excluding hydrogens is 232 g/mol. The quantitative estimate of drug-likeness (QED) is 0.884. The molecule has 0 aromatic heterocycles. The Labute approximate surface area is 117 Å². The maximum atomic E-state index is 6.45. The lowest BCUT2D eigenvalue weighted by Crippen LogP contribution is -2.46. The van der Waals surface area contributed by atoms with E-state index in [0.29, 0.717) is 17.9 Å². The smallest absolute Gasteiger partial charge is 0.0233 e. The van der Waals surface area contributed by atoms with Gasteiger partial charge in [-0.2, -0.15) is 0 Å². The lowest BCUT2D eigenvalue weighted by atomic mass is 9.68. The third-order valence-electron chi connectivity index (χ3n) is 5.36. The van der Waals surface area contributed by atoms with E-state index < -0.39 is 0 Å². The number of hydrogen-bond acceptors (Lipinski definition) is 2. The van der Waals surface area contributed by atoms with Gasteiger partial charge in [0.25, 0.3) is 0 Å². The van der Waals surface area contributed by atoms with Crippen molar-refractivity contribution in [1.82, 2.24) is 4.90 Å². The predicted octanol–water partition coefficient (Wildman–Crippen LogP) is 2.74. The Balaban J connectivity index is 1.68. The fourth-order valence-corrected chi connectivity index (χ4v) is 4.26. The summed E-state index contributed by atoms with van der Waals surface area (Å²) in [6.45, 7) is 8.27. The Morgan fingerprint density at radius 1 is 1.05 bits per heavy atom. The van der Waals surface area contributed by atoms with Crippen molar-refractivity contribution in [1.29, 1.82) is 0 Å². The summed E-state index contributed by atoms with van der Waals surface area (Å²) in [7, 11) is 0. The largest absolute Gasteiger partial charge is 0.327 e. The normalized spacial score (nSPS) is 39.2. The van der Waals surface area contributed by atoms with E-state index >= 15 is 0 Å². The highest BCUT2D eigenvalue weighted by Crippen LogP contribution is 2.42. The molecular formula is C17H26N2. The number of nitrogens with two attached hydrogens (primary N) is 1. The molecule has 0 spiro atoms. The molecule has 1 aliphatic carbocycles. The van der Waals surface area contributed by atoms with Gasteiger partial charge in [-0.15, -0.1) is 0 Å². The number of benzene rings is 1. The Morgan fingerprint density at radius 2 is 1.74 bits per heavy atom. The first-order valence-electron chi connectivity index (χ1n) is 7.67. The maximum Gasteiger partial charge on any atom is 0.0233 e. The van der Waals surface area contributed by atoms with Gasteiger partial charge in [0.2, 0.25) is 0 Å². The molecule has 3 rings (SSSR count). The fraction of sp³-hybridized carbons (Fsp3) is 0.647. The molecule has 2 N–H and O–H groups in total. The number of likely N-dealkylation sites (tertiary alicyclic amines) is 1. The Hall–Kier alpha value is -0.860. The molecule has 5 atom stereocenters. The first kappa shape index (κ1) is 13.1. The van der Waals surface area contributed by atoms with Crippen LogP contribution >= 0.6 is 0 Å². The van der Waals surface area contributed by atoms with Crippen molar-refractivity contribution >= 4 is 0 Å². The van der Waals surface area contributed by atoms with Crippen LogP contribution < -0.4 is 5.73 Å². The molecule has 2 nitrogen and oxygen atoms in total. The molecule has 0 bridgehead atoms. The molecule has 1 heterocycles. The van der Waals surface area contributed by atoms with E-state index in [1.165, 1.54) is 25.1 Å². The minimum absolute atomic E-state index is 0.405. The van der Waals surface area contributed by atoms with Crippen LogP contribution in [0.2, 0.25) is 0 Å². The van der Waals surface area contributed by atoms with E-state index in [9.17, 15) is 0 Å². The third-order valence-corrected chi connectivity index (χ3v) is 5.36. The predicted molar refractivity (Wildman–Crippen MR) is 79.6 cm³/mol. The van der Waals surface area contributed by atoms with E-state index in [2.05, 4.69) is 49.1 Å². The summed E-state index contributed by atoms with van der Waals surface area (Å²) < 4.78 is 0. The lowest BCUT2D eigenvalue weighted by Gasteiger charge is -2.39. The summed E-state index contributed by atoms with van der Waals surface area (Å²) in [6.07, 6.45) is 1.31. The van der Waals surface area contributed by atoms with Gasteiger partial charge in [0.15, 0.2) is 0 Å². The van der Waals surface area contributed by atoms with Crippen LogP contribution in [0.15, 0.2) is 30.3 Å². The van der Waals surface area contributed by atoms with Gasteiger partial charge in [-0.05, 0) is 35.7 Å². The molecule has 1 unspecified atom stereocenters. The average Bonchev–Trinajstić information content (AvgIpc) is 2.82. The zero-order chi connectivity index (χ0) is 13.4. The number of fused-ring (bicyclic) bond motifs is 1. The second-order valence-corrected chi connectivity index (χ2v) is 6.78. The van der Waals surface area contributed by atoms with Gasteiger partial charge < -0.3 is 5.73 Å². The molecule has 1 aromatic rings. The van der Waals surface area contributed by atoms with E-state index in [-0.39, 0.29) is 0 Å². The van der Waals surface area contributed by atoms with Gasteiger partial charge in [-0.3, -0.25) is 4.90 Å². The van der Waals surface area contributed by atoms with Crippen molar-refractivity contribution in [2.75, 3.05) is 13.1 Å². The molecule has 1 aliphatic heterocycles. The molecule has 0 amide bonds. The van der Waals surface area contributed by atoms with Crippen molar-refractivity contribution in [2.24, 2.45) is 29.4 Å². The molecule has 19 heavy (non-hydrogen) atoms. The maximum absolute atomic E-state index is 6.45. The topological polar surface area (TPSA) is 29.3 Å². The van der Waals surface area contributed by atoms with E-state index in [1.54, 1.807) is 0 Å². The van der Waals surface area contributed by atoms with Crippen molar-refractivity contribution in [3.05, 3.63) is 35.9 Å². The van der Waals surface area contributed by atoms with Gasteiger partial charge in [0, 0.05) is 25.7 Å². The summed E-state index contributed by atoms with van der Waals surface area (Å²) in [5.41, 5.74) is 7.88. The zero-order valence-corrected chi connectivity index (χ0v) is 12.1. The monoisotopic (exact) mass is 258 g/mol. The van der Waals surface area contributed by atoms with E-state index in [1.807, 2.05) is 0 Å². The van der Waals surface area contributed by atoms with Gasteiger partial charge in [-0.25, -0.2) is 0 Å². The van der Waals surface area contributed by atoms with Gasteiger partial charge in [0.1, 0.15) is 0 Å². The molecule has 1 aromatic carbocycles. The van der Waals surface area contributed by atoms with Crippen LogP contribution in [0.25, 0.3) is 0 Å². The SMILES string of the molecule is CC1C[C@@H](C)[C@H]2CN(Cc3ccccc3)C[C@H]2[C@H]1N. The number of hydrogen-bond donors (Lipinski definition) is 1. The van der Waals surface area contributed by atoms with Crippen LogP contribution in [-0.2, 0) is 6.54 Å². The Kier molecular flexibility index (Phi) is 3.64. The summed E-state index contributed by atoms with van der Waals surface area (Å²) in [5, 5.41) is 0. The molecule has 104 valence electrons. The minimum Gasteiger partial charge on any atom is -0.327 e. The Bertz CT molecular complexity index is 417. The second kappa shape index (κ2) is 5.26. The first-order valence-corrected chi connectivity index (χ1v) is 7.67. The van der Waals surface area contributed by atoms with Crippen molar-refractivity contribution in [3.63, 3.8) is 0 Å². The molecule has 2 heteroatoms. The summed E-state index contributed by atoms with van der Waals surface area (Å²) in [4.78, 5) is 2.61. The molecule has 1 saturated heterocycles. The van der Waals surface area contributed by atoms with E-state index in [4.69, 9.17) is 5.73 Å². The standard InChI is InChI=1S/C17H26N2/c1-12-8-13(2)17(18)16-11-19(10-15(12)16)9-14-6-4-3-5-7-14/h3-7,12-13,15-17H,8-11,18H2,1-2H3/t12-,13?,15-,16-,17+/m1/s1. The summed E-state index contributed by atoms with van der Waals surface area (Å²) >= 11 is 0. The number of nitrogens with zero attached hydrogens (tertiary/aromatic N) is 1. The van der Waals surface area contributed by atoms with E-state index in [0.717, 1.165) is 18.4 Å². The van der Waals surface area contributed by atoms with Crippen LogP contribution in [0.4, 0.5) is 0 Å². The third kappa shape index (κ3) is 2.56. The minimum atomic E-state index is 0.405. The number of rotatable bonds is 2. The highest BCUT2D eigenvalue weighted by atomic mass is 15.2. The highest BCUT2D eigenvalue weighted by Gasteiger charge is 2.44. The zero-order valence-electron chi connectivity index (χ0n) is 12.1. The van der Waals surface area contributed by atoms with Gasteiger partial charge in [0.05, 0.1) is 0 Å². The summed E-state index contributed by atoms with van der Waals surface area (Å²) in [5.74, 6) is 3.05. The first-order chi connectivity index (χ1) is 9.15. The summed E-state index contributed by atoms with van der Waals surface area (Å²) in [6, 6.07) is 11.2. The molecule has 0 radical (unpaired) electrons. The van der Waals surface area contributed by atoms with Crippen LogP contribution in [0.5, 0.6) is 0 Å². The highest BCUT2D eigenvalue weighted by molar-refractivity contribution is 5.15. The molecule has 2 aliphatic rings. The molecule has 2 fully saturated rings. The van der Waals surface area contributed by atoms with Crippen molar-refractivity contribution in [3.8, 4) is 0 Å². The van der Waals surface area contributed by atoms with Crippen LogP contribution in [-0.4, -0.2) is 24.0 Å². The van der Waals surface area contributed by atoms with Crippen molar-refractivity contribution in [2.45, 2.75) is 32.9 Å². The van der Waals surface area contributed by atoms with Gasteiger partial charge in [-0.1, -0.05) is 44.2 Å². The van der Waals surface area contributed by atoms with Crippen LogP contribution in [0.3, 0.4) is 0 Å². The molecule has 1 saturated carbocycles. The van der Waals surface area contributed by atoms with Crippen molar-refractivity contribution < 1.29 is 0 Å².